The summed E-state index contributed by atoms with van der Waals surface area (Å²) in [5, 5.41) is 0.656. The first-order chi connectivity index (χ1) is 12.5. The zero-order chi connectivity index (χ0) is 20.5. The van der Waals surface area contributed by atoms with Crippen molar-refractivity contribution in [3.05, 3.63) is 62.1 Å². The molecule has 0 aromatic heterocycles. The normalized spacial score (nSPS) is 11.3. The number of ether oxygens (including phenoxy) is 2. The molecule has 0 aliphatic rings. The lowest BCUT2D eigenvalue weighted by Gasteiger charge is -2.26. The van der Waals surface area contributed by atoms with Crippen LogP contribution >= 0.6 is 23.2 Å². The number of benzene rings is 2. The van der Waals surface area contributed by atoms with Crippen molar-refractivity contribution in [2.24, 2.45) is 0 Å². The van der Waals surface area contributed by atoms with Crippen LogP contribution in [0.15, 0.2) is 24.3 Å². The van der Waals surface area contributed by atoms with Gasteiger partial charge in [0.25, 0.3) is 0 Å². The molecule has 0 saturated heterocycles. The Bertz CT molecular complexity index is 911. The molecule has 6 heteroatoms. The number of halogens is 2. The maximum Gasteiger partial charge on any atom is 0.341 e. The molecule has 0 heterocycles. The molecule has 0 aliphatic carbocycles. The molecule has 0 radical (unpaired) electrons. The van der Waals surface area contributed by atoms with Crippen LogP contribution in [0, 0.1) is 6.92 Å². The van der Waals surface area contributed by atoms with Crippen molar-refractivity contribution in [1.29, 1.82) is 0 Å². The number of carbonyl (C=O) groups is 2. The van der Waals surface area contributed by atoms with Gasteiger partial charge in [-0.2, -0.15) is 0 Å². The lowest BCUT2D eigenvalue weighted by molar-refractivity contribution is 0.0596. The van der Waals surface area contributed by atoms with Crippen molar-refractivity contribution < 1.29 is 19.1 Å². The molecule has 0 saturated carbocycles. The Hall–Kier alpha value is -2.04. The summed E-state index contributed by atoms with van der Waals surface area (Å²) in [5.41, 5.74) is 1.87. The number of methoxy groups -OCH3 is 2. The number of rotatable bonds is 4. The van der Waals surface area contributed by atoms with Gasteiger partial charge in [-0.1, -0.05) is 44.0 Å². The van der Waals surface area contributed by atoms with Gasteiger partial charge >= 0.3 is 5.97 Å². The van der Waals surface area contributed by atoms with Gasteiger partial charge in [0.05, 0.1) is 24.3 Å². The minimum atomic E-state index is -0.557. The molecular weight excluding hydrogens is 387 g/mol. The van der Waals surface area contributed by atoms with Crippen LogP contribution in [0.4, 0.5) is 0 Å². The van der Waals surface area contributed by atoms with Crippen molar-refractivity contribution in [2.45, 2.75) is 33.1 Å². The molecule has 2 aromatic carbocycles. The van der Waals surface area contributed by atoms with Crippen molar-refractivity contribution in [1.82, 2.24) is 0 Å². The van der Waals surface area contributed by atoms with Crippen molar-refractivity contribution in [3.63, 3.8) is 0 Å². The van der Waals surface area contributed by atoms with Gasteiger partial charge in [0, 0.05) is 16.7 Å². The smallest absolute Gasteiger partial charge is 0.341 e. The topological polar surface area (TPSA) is 52.6 Å². The van der Waals surface area contributed by atoms with E-state index in [1.165, 1.54) is 20.3 Å². The molecule has 0 unspecified atom stereocenters. The van der Waals surface area contributed by atoms with Gasteiger partial charge in [-0.3, -0.25) is 4.79 Å². The predicted molar refractivity (Wildman–Crippen MR) is 108 cm³/mol. The molecule has 4 nitrogen and oxygen atoms in total. The highest BCUT2D eigenvalue weighted by molar-refractivity contribution is 6.42. The van der Waals surface area contributed by atoms with Crippen molar-refractivity contribution >= 4 is 35.0 Å². The van der Waals surface area contributed by atoms with Crippen LogP contribution in [-0.4, -0.2) is 26.0 Å². The van der Waals surface area contributed by atoms with Crippen LogP contribution in [0.5, 0.6) is 5.75 Å². The Morgan fingerprint density at radius 2 is 1.63 bits per heavy atom. The summed E-state index contributed by atoms with van der Waals surface area (Å²) in [6, 6.07) is 6.46. The van der Waals surface area contributed by atoms with E-state index in [0.717, 1.165) is 5.56 Å². The molecule has 2 aromatic rings. The van der Waals surface area contributed by atoms with E-state index in [2.05, 4.69) is 0 Å². The highest BCUT2D eigenvalue weighted by atomic mass is 35.5. The molecule has 0 N–H and O–H groups in total. The molecule has 0 atom stereocenters. The number of esters is 1. The van der Waals surface area contributed by atoms with Crippen LogP contribution in [0.3, 0.4) is 0 Å². The second kappa shape index (κ2) is 7.91. The molecular formula is C21H22Cl2O4. The number of hydrogen-bond acceptors (Lipinski definition) is 4. The molecule has 0 amide bonds. The van der Waals surface area contributed by atoms with E-state index in [1.54, 1.807) is 25.1 Å². The fourth-order valence-corrected chi connectivity index (χ4v) is 3.20. The van der Waals surface area contributed by atoms with Crippen molar-refractivity contribution in [3.8, 4) is 5.75 Å². The molecule has 2 rings (SSSR count). The highest BCUT2D eigenvalue weighted by Crippen LogP contribution is 2.38. The second-order valence-electron chi connectivity index (χ2n) is 7.20. The first-order valence-corrected chi connectivity index (χ1v) is 9.08. The van der Waals surface area contributed by atoms with Crippen LogP contribution in [0.1, 0.15) is 58.2 Å². The van der Waals surface area contributed by atoms with E-state index in [4.69, 9.17) is 32.7 Å². The molecule has 0 fully saturated rings. The van der Waals surface area contributed by atoms with E-state index in [1.807, 2.05) is 20.8 Å². The Balaban J connectivity index is 2.81. The minimum Gasteiger partial charge on any atom is -0.496 e. The third kappa shape index (κ3) is 4.12. The lowest BCUT2D eigenvalue weighted by atomic mass is 9.81. The molecule has 27 heavy (non-hydrogen) atoms. The SMILES string of the molecule is COC(=O)c1c(C)c(C(=O)c2ccc(Cl)c(Cl)c2)cc(C(C)(C)C)c1OC. The van der Waals surface area contributed by atoms with E-state index in [-0.39, 0.29) is 21.8 Å². The summed E-state index contributed by atoms with van der Waals surface area (Å²) in [4.78, 5) is 25.6. The average molecular weight is 409 g/mol. The van der Waals surface area contributed by atoms with Crippen LogP contribution in [-0.2, 0) is 10.2 Å². The number of carbonyl (C=O) groups excluding carboxylic acids is 2. The van der Waals surface area contributed by atoms with E-state index in [0.29, 0.717) is 27.5 Å². The monoisotopic (exact) mass is 408 g/mol. The van der Waals surface area contributed by atoms with Gasteiger partial charge in [-0.05, 0) is 42.2 Å². The van der Waals surface area contributed by atoms with Gasteiger partial charge < -0.3 is 9.47 Å². The zero-order valence-corrected chi connectivity index (χ0v) is 17.7. The largest absolute Gasteiger partial charge is 0.496 e. The molecule has 0 aliphatic heterocycles. The average Bonchev–Trinajstić information content (AvgIpc) is 2.61. The summed E-state index contributed by atoms with van der Waals surface area (Å²) in [5.74, 6) is -0.402. The van der Waals surface area contributed by atoms with Gasteiger partial charge in [0.1, 0.15) is 11.3 Å². The third-order valence-corrected chi connectivity index (χ3v) is 5.11. The number of ketones is 1. The minimum absolute atomic E-state index is 0.246. The Labute approximate surface area is 169 Å². The fourth-order valence-electron chi connectivity index (χ4n) is 2.90. The summed E-state index contributed by atoms with van der Waals surface area (Å²) in [6.07, 6.45) is 0. The Morgan fingerprint density at radius 1 is 1.00 bits per heavy atom. The molecule has 144 valence electrons. The first-order valence-electron chi connectivity index (χ1n) is 8.33. The van der Waals surface area contributed by atoms with Gasteiger partial charge in [-0.15, -0.1) is 0 Å². The quantitative estimate of drug-likeness (QED) is 0.486. The first kappa shape index (κ1) is 21.3. The van der Waals surface area contributed by atoms with E-state index >= 15 is 0 Å². The van der Waals surface area contributed by atoms with Crippen molar-refractivity contribution in [2.75, 3.05) is 14.2 Å². The summed E-state index contributed by atoms with van der Waals surface area (Å²) < 4.78 is 10.5. The molecule has 0 bridgehead atoms. The number of hydrogen-bond donors (Lipinski definition) is 0. The van der Waals surface area contributed by atoms with Gasteiger partial charge in [0.15, 0.2) is 5.78 Å². The Morgan fingerprint density at radius 3 is 2.11 bits per heavy atom. The predicted octanol–water partition coefficient (Wildman–Crippen LogP) is 5.63. The fraction of sp³-hybridized carbons (Fsp3) is 0.333. The zero-order valence-electron chi connectivity index (χ0n) is 16.2. The Kier molecular flexibility index (Phi) is 6.23. The van der Waals surface area contributed by atoms with Crippen LogP contribution in [0.2, 0.25) is 10.0 Å². The standard InChI is InChI=1S/C21H22Cl2O4/c1-11-13(18(24)12-7-8-15(22)16(23)9-12)10-14(21(2,3)4)19(26-5)17(11)20(25)27-6/h7-10H,1-6H3. The maximum atomic E-state index is 13.2. The maximum absolute atomic E-state index is 13.2. The lowest BCUT2D eigenvalue weighted by Crippen LogP contribution is -2.20. The highest BCUT2D eigenvalue weighted by Gasteiger charge is 2.30. The summed E-state index contributed by atoms with van der Waals surface area (Å²) in [7, 11) is 2.79. The van der Waals surface area contributed by atoms with Crippen LogP contribution < -0.4 is 4.74 Å². The molecule has 0 spiro atoms. The summed E-state index contributed by atoms with van der Waals surface area (Å²) >= 11 is 12.0. The van der Waals surface area contributed by atoms with E-state index in [9.17, 15) is 9.59 Å². The van der Waals surface area contributed by atoms with Gasteiger partial charge in [0.2, 0.25) is 0 Å². The van der Waals surface area contributed by atoms with Crippen LogP contribution in [0.25, 0.3) is 0 Å². The summed E-state index contributed by atoms with van der Waals surface area (Å²) in [6.45, 7) is 7.64. The van der Waals surface area contributed by atoms with E-state index < -0.39 is 5.97 Å². The van der Waals surface area contributed by atoms with Gasteiger partial charge in [-0.25, -0.2) is 4.79 Å². The second-order valence-corrected chi connectivity index (χ2v) is 8.02. The third-order valence-electron chi connectivity index (χ3n) is 4.37.